The lowest BCUT2D eigenvalue weighted by Gasteiger charge is -2.06. The normalized spacial score (nSPS) is 13.7. The summed E-state index contributed by atoms with van der Waals surface area (Å²) in [5.41, 5.74) is 0. The smallest absolute Gasteiger partial charge is 0.385 e. The van der Waals surface area contributed by atoms with E-state index >= 15 is 0 Å². The van der Waals surface area contributed by atoms with Crippen molar-refractivity contribution in [1.82, 2.24) is 0 Å². The van der Waals surface area contributed by atoms with Gasteiger partial charge in [-0.15, -0.1) is 0 Å². The second-order valence-electron chi connectivity index (χ2n) is 2.48. The molecule has 0 radical (unpaired) electrons. The Morgan fingerprint density at radius 3 is 2.29 bits per heavy atom. The van der Waals surface area contributed by atoms with Gasteiger partial charge in [0.2, 0.25) is 11.6 Å². The molecule has 14 heavy (non-hydrogen) atoms. The summed E-state index contributed by atoms with van der Waals surface area (Å²) in [6, 6.07) is 0. The molecule has 0 aromatic heterocycles. The molecule has 0 aliphatic carbocycles. The summed E-state index contributed by atoms with van der Waals surface area (Å²) < 4.78 is 13.9. The molecule has 0 aliphatic heterocycles. The summed E-state index contributed by atoms with van der Waals surface area (Å²) in [6.45, 7) is 0.458. The van der Waals surface area contributed by atoms with Gasteiger partial charge in [0.1, 0.15) is 12.7 Å². The molecule has 8 heteroatoms. The molecule has 0 aliphatic rings. The number of carbonyl (C=O) groups is 2. The first-order chi connectivity index (χ1) is 6.28. The number of aliphatic hydroxyl groups excluding tert-OH is 1. The summed E-state index contributed by atoms with van der Waals surface area (Å²) in [5, 5.41) is 8.91. The number of carbonyl (C=O) groups excluding carboxylic acids is 2. The van der Waals surface area contributed by atoms with E-state index < -0.39 is 32.1 Å². The molecule has 0 saturated heterocycles. The fourth-order valence-electron chi connectivity index (χ4n) is 0.585. The van der Waals surface area contributed by atoms with Crippen molar-refractivity contribution in [3.63, 3.8) is 0 Å². The molecule has 3 N–H and O–H groups in total. The van der Waals surface area contributed by atoms with Crippen LogP contribution in [-0.4, -0.2) is 39.2 Å². The Kier molecular flexibility index (Phi) is 5.11. The Hall–Kier alpha value is -0.590. The van der Waals surface area contributed by atoms with Crippen molar-refractivity contribution >= 4 is 19.4 Å². The minimum absolute atomic E-state index is 0.0560. The Morgan fingerprint density at radius 1 is 1.43 bits per heavy atom. The highest BCUT2D eigenvalue weighted by molar-refractivity contribution is 7.46. The van der Waals surface area contributed by atoms with E-state index in [2.05, 4.69) is 4.52 Å². The molecule has 0 amide bonds. The zero-order valence-electron chi connectivity index (χ0n) is 7.41. The second-order valence-corrected chi connectivity index (χ2v) is 3.71. The van der Waals surface area contributed by atoms with Gasteiger partial charge in [-0.2, -0.15) is 0 Å². The van der Waals surface area contributed by atoms with E-state index in [4.69, 9.17) is 14.9 Å². The Bertz CT molecular complexity index is 267. The number of rotatable bonds is 6. The molecular weight excluding hydrogens is 215 g/mol. The average molecular weight is 226 g/mol. The van der Waals surface area contributed by atoms with E-state index in [1.165, 1.54) is 6.92 Å². The van der Waals surface area contributed by atoms with Gasteiger partial charge in [-0.05, 0) is 6.42 Å². The Balaban J connectivity index is 4.10. The van der Waals surface area contributed by atoms with Gasteiger partial charge >= 0.3 is 7.82 Å². The molecule has 0 spiro atoms. The van der Waals surface area contributed by atoms with Gasteiger partial charge in [-0.25, -0.2) is 4.57 Å². The van der Waals surface area contributed by atoms with E-state index in [1.54, 1.807) is 0 Å². The van der Waals surface area contributed by atoms with Crippen molar-refractivity contribution < 1.29 is 33.6 Å². The minimum atomic E-state index is -4.75. The molecule has 0 aromatic rings. The third kappa shape index (κ3) is 5.21. The van der Waals surface area contributed by atoms with Crippen LogP contribution in [0.3, 0.4) is 0 Å². The van der Waals surface area contributed by atoms with Crippen LogP contribution in [0.5, 0.6) is 0 Å². The summed E-state index contributed by atoms with van der Waals surface area (Å²) in [5.74, 6) is -2.27. The summed E-state index contributed by atoms with van der Waals surface area (Å²) >= 11 is 0. The molecule has 7 nitrogen and oxygen atoms in total. The van der Waals surface area contributed by atoms with Gasteiger partial charge in [0.25, 0.3) is 0 Å². The van der Waals surface area contributed by atoms with Crippen molar-refractivity contribution in [3.8, 4) is 0 Å². The number of hydrogen-bond acceptors (Lipinski definition) is 5. The van der Waals surface area contributed by atoms with Crippen molar-refractivity contribution in [3.05, 3.63) is 0 Å². The molecule has 1 unspecified atom stereocenters. The molecule has 0 fully saturated rings. The largest absolute Gasteiger partial charge is 0.470 e. The quantitative estimate of drug-likeness (QED) is 0.392. The van der Waals surface area contributed by atoms with Crippen molar-refractivity contribution in [2.45, 2.75) is 19.4 Å². The van der Waals surface area contributed by atoms with Crippen LogP contribution in [0.15, 0.2) is 0 Å². The van der Waals surface area contributed by atoms with Crippen LogP contribution < -0.4 is 0 Å². The number of aliphatic hydroxyl groups is 1. The molecule has 0 aromatic carbocycles. The van der Waals surface area contributed by atoms with Crippen LogP contribution in [0.25, 0.3) is 0 Å². The topological polar surface area (TPSA) is 121 Å². The lowest BCUT2D eigenvalue weighted by molar-refractivity contribution is -0.142. The maximum Gasteiger partial charge on any atom is 0.470 e. The predicted octanol–water partition coefficient (Wildman–Crippen LogP) is -0.995. The van der Waals surface area contributed by atoms with Gasteiger partial charge in [-0.1, -0.05) is 6.92 Å². The molecule has 0 bridgehead atoms. The van der Waals surface area contributed by atoms with E-state index in [-0.39, 0.29) is 6.42 Å². The number of phosphoric acid groups is 1. The fourth-order valence-corrected chi connectivity index (χ4v) is 0.870. The van der Waals surface area contributed by atoms with Crippen LogP contribution in [0, 0.1) is 0 Å². The SMILES string of the molecule is CCC(O)C(=O)C(=O)COP(=O)(O)O. The van der Waals surface area contributed by atoms with Crippen molar-refractivity contribution in [2.75, 3.05) is 6.61 Å². The summed E-state index contributed by atoms with van der Waals surface area (Å²) in [6.07, 6.45) is -1.39. The first kappa shape index (κ1) is 13.4. The molecule has 82 valence electrons. The van der Waals surface area contributed by atoms with Crippen molar-refractivity contribution in [2.24, 2.45) is 0 Å². The summed E-state index contributed by atoms with van der Waals surface area (Å²) in [4.78, 5) is 38.1. The zero-order chi connectivity index (χ0) is 11.4. The molecule has 0 heterocycles. The van der Waals surface area contributed by atoms with Gasteiger partial charge in [0.15, 0.2) is 0 Å². The number of ketones is 2. The van der Waals surface area contributed by atoms with Gasteiger partial charge in [0, 0.05) is 0 Å². The molecule has 0 rings (SSSR count). The van der Waals surface area contributed by atoms with E-state index in [0.717, 1.165) is 0 Å². The highest BCUT2D eigenvalue weighted by Crippen LogP contribution is 2.35. The van der Waals surface area contributed by atoms with Crippen LogP contribution in [-0.2, 0) is 18.7 Å². The first-order valence-corrected chi connectivity index (χ1v) is 5.26. The average Bonchev–Trinajstić information content (AvgIpc) is 2.10. The third-order valence-corrected chi connectivity index (χ3v) is 1.79. The van der Waals surface area contributed by atoms with Gasteiger partial charge < -0.3 is 14.9 Å². The summed E-state index contributed by atoms with van der Waals surface area (Å²) in [7, 11) is -4.75. The highest BCUT2D eigenvalue weighted by atomic mass is 31.2. The van der Waals surface area contributed by atoms with Gasteiger partial charge in [0.05, 0.1) is 0 Å². The Morgan fingerprint density at radius 2 is 1.93 bits per heavy atom. The number of Topliss-reactive ketones (excluding diaryl/α,β-unsaturated/α-hetero) is 2. The number of phosphoric ester groups is 1. The van der Waals surface area contributed by atoms with Crippen LogP contribution in [0.1, 0.15) is 13.3 Å². The van der Waals surface area contributed by atoms with E-state index in [0.29, 0.717) is 0 Å². The monoisotopic (exact) mass is 226 g/mol. The van der Waals surface area contributed by atoms with Crippen LogP contribution >= 0.6 is 7.82 Å². The zero-order valence-corrected chi connectivity index (χ0v) is 8.31. The lowest BCUT2D eigenvalue weighted by atomic mass is 10.1. The van der Waals surface area contributed by atoms with E-state index in [1.807, 2.05) is 0 Å². The second kappa shape index (κ2) is 5.33. The first-order valence-electron chi connectivity index (χ1n) is 3.73. The standard InChI is InChI=1S/C6H11O7P/c1-2-4(7)6(9)5(8)3-13-14(10,11)12/h4,7H,2-3H2,1H3,(H2,10,11,12). The van der Waals surface area contributed by atoms with E-state index in [9.17, 15) is 14.2 Å². The van der Waals surface area contributed by atoms with Gasteiger partial charge in [-0.3, -0.25) is 14.1 Å². The maximum atomic E-state index is 10.9. The van der Waals surface area contributed by atoms with Crippen LogP contribution in [0.2, 0.25) is 0 Å². The molecule has 0 saturated carbocycles. The predicted molar refractivity (Wildman–Crippen MR) is 44.3 cm³/mol. The molecule has 1 atom stereocenters. The fraction of sp³-hybridized carbons (Fsp3) is 0.667. The lowest BCUT2D eigenvalue weighted by Crippen LogP contribution is -2.30. The highest BCUT2D eigenvalue weighted by Gasteiger charge is 2.24. The van der Waals surface area contributed by atoms with Crippen LogP contribution in [0.4, 0.5) is 0 Å². The number of hydrogen-bond donors (Lipinski definition) is 3. The third-order valence-electron chi connectivity index (χ3n) is 1.33. The minimum Gasteiger partial charge on any atom is -0.385 e. The molecular formula is C6H11O7P. The Labute approximate surface area is 79.9 Å². The maximum absolute atomic E-state index is 10.9. The van der Waals surface area contributed by atoms with Crippen molar-refractivity contribution in [1.29, 1.82) is 0 Å².